The molecule has 0 N–H and O–H groups in total. The topological polar surface area (TPSA) is 0 Å². The number of rotatable bonds is 4. The van der Waals surface area contributed by atoms with E-state index in [1.54, 1.807) is 0 Å². The Morgan fingerprint density at radius 3 is 2.42 bits per heavy atom. The molecule has 0 radical (unpaired) electrons. The van der Waals surface area contributed by atoms with E-state index in [0.717, 1.165) is 11.8 Å². The van der Waals surface area contributed by atoms with Gasteiger partial charge in [-0.05, 0) is 18.4 Å². The molecule has 0 nitrogen and oxygen atoms in total. The minimum absolute atomic E-state index is 0.597. The molecule has 12 heavy (non-hydrogen) atoms. The van der Waals surface area contributed by atoms with Gasteiger partial charge in [0, 0.05) is 10.2 Å². The average Bonchev–Trinajstić information content (AvgIpc) is 2.06. The summed E-state index contributed by atoms with van der Waals surface area (Å²) >= 11 is 7.08. The van der Waals surface area contributed by atoms with Crippen LogP contribution in [0.3, 0.4) is 0 Å². The Labute approximate surface area is 90.6 Å². The molecule has 0 aliphatic rings. The number of hydrogen-bond acceptors (Lipinski definition) is 0. The predicted octanol–water partition coefficient (Wildman–Crippen LogP) is 3.78. The summed E-state index contributed by atoms with van der Waals surface area (Å²) in [6.07, 6.45) is 2.29. The van der Waals surface area contributed by atoms with Crippen LogP contribution in [0.5, 0.6) is 0 Å². The number of alkyl halides is 2. The van der Waals surface area contributed by atoms with Gasteiger partial charge >= 0.3 is 0 Å². The molecule has 1 aromatic carbocycles. The summed E-state index contributed by atoms with van der Waals surface area (Å²) in [5.74, 6) is 0. The first-order valence-electron chi connectivity index (χ1n) is 4.07. The van der Waals surface area contributed by atoms with E-state index >= 15 is 0 Å². The summed E-state index contributed by atoms with van der Waals surface area (Å²) in [6, 6.07) is 10.6. The zero-order valence-corrected chi connectivity index (χ0v) is 10.0. The summed E-state index contributed by atoms with van der Waals surface area (Å²) in [6.45, 7) is 0. The molecule has 1 atom stereocenters. The lowest BCUT2D eigenvalue weighted by Gasteiger charge is -2.06. The molecule has 0 saturated heterocycles. The van der Waals surface area contributed by atoms with E-state index in [9.17, 15) is 0 Å². The smallest absolute Gasteiger partial charge is 0.0194 e. The summed E-state index contributed by atoms with van der Waals surface area (Å²) in [5.41, 5.74) is 1.40. The standard InChI is InChI=1S/C10H12Br2/c11-7-6-10(12)8-9-4-2-1-3-5-9/h1-5,10H,6-8H2/t10-/m0/s1. The second kappa shape index (κ2) is 5.76. The summed E-state index contributed by atoms with van der Waals surface area (Å²) in [7, 11) is 0. The molecule has 1 aromatic rings. The summed E-state index contributed by atoms with van der Waals surface area (Å²) < 4.78 is 0. The van der Waals surface area contributed by atoms with Crippen LogP contribution in [0.1, 0.15) is 12.0 Å². The van der Waals surface area contributed by atoms with Gasteiger partial charge in [0.25, 0.3) is 0 Å². The van der Waals surface area contributed by atoms with E-state index in [1.165, 1.54) is 12.0 Å². The molecule has 1 rings (SSSR count). The Kier molecular flexibility index (Phi) is 4.93. The van der Waals surface area contributed by atoms with Crippen LogP contribution in [0.2, 0.25) is 0 Å². The van der Waals surface area contributed by atoms with Gasteiger partial charge in [0.2, 0.25) is 0 Å². The number of halogens is 2. The highest BCUT2D eigenvalue weighted by Crippen LogP contribution is 2.13. The van der Waals surface area contributed by atoms with Crippen molar-refractivity contribution in [2.24, 2.45) is 0 Å². The van der Waals surface area contributed by atoms with Crippen LogP contribution in [0, 0.1) is 0 Å². The first kappa shape index (κ1) is 10.3. The van der Waals surface area contributed by atoms with Crippen LogP contribution in [-0.4, -0.2) is 10.2 Å². The van der Waals surface area contributed by atoms with Crippen LogP contribution in [-0.2, 0) is 6.42 Å². The fourth-order valence-electron chi connectivity index (χ4n) is 1.09. The Morgan fingerprint density at radius 2 is 1.83 bits per heavy atom. The maximum atomic E-state index is 3.64. The fourth-order valence-corrected chi connectivity index (χ4v) is 2.86. The highest BCUT2D eigenvalue weighted by molar-refractivity contribution is 9.10. The van der Waals surface area contributed by atoms with Crippen molar-refractivity contribution in [3.05, 3.63) is 35.9 Å². The van der Waals surface area contributed by atoms with E-state index < -0.39 is 0 Å². The molecule has 0 aliphatic heterocycles. The lowest BCUT2D eigenvalue weighted by atomic mass is 10.1. The van der Waals surface area contributed by atoms with Gasteiger partial charge in [-0.15, -0.1) is 0 Å². The molecule has 0 aliphatic carbocycles. The third-order valence-electron chi connectivity index (χ3n) is 1.72. The van der Waals surface area contributed by atoms with Crippen molar-refractivity contribution in [3.8, 4) is 0 Å². The highest BCUT2D eigenvalue weighted by Gasteiger charge is 2.03. The lowest BCUT2D eigenvalue weighted by Crippen LogP contribution is -2.02. The van der Waals surface area contributed by atoms with Crippen LogP contribution in [0.15, 0.2) is 30.3 Å². The van der Waals surface area contributed by atoms with Gasteiger partial charge in [-0.25, -0.2) is 0 Å². The predicted molar refractivity (Wildman–Crippen MR) is 61.3 cm³/mol. The molecular formula is C10H12Br2. The molecule has 0 bridgehead atoms. The fraction of sp³-hybridized carbons (Fsp3) is 0.400. The zero-order chi connectivity index (χ0) is 8.81. The molecule has 2 heteroatoms. The first-order chi connectivity index (χ1) is 5.83. The first-order valence-corrected chi connectivity index (χ1v) is 6.10. The van der Waals surface area contributed by atoms with Crippen molar-refractivity contribution < 1.29 is 0 Å². The Morgan fingerprint density at radius 1 is 1.17 bits per heavy atom. The monoisotopic (exact) mass is 290 g/mol. The number of hydrogen-bond donors (Lipinski definition) is 0. The van der Waals surface area contributed by atoms with E-state index in [0.29, 0.717) is 4.83 Å². The lowest BCUT2D eigenvalue weighted by molar-refractivity contribution is 0.841. The van der Waals surface area contributed by atoms with Gasteiger partial charge in [0.1, 0.15) is 0 Å². The van der Waals surface area contributed by atoms with Crippen molar-refractivity contribution in [1.29, 1.82) is 0 Å². The maximum Gasteiger partial charge on any atom is 0.0194 e. The molecule has 66 valence electrons. The summed E-state index contributed by atoms with van der Waals surface area (Å²) in [4.78, 5) is 0.597. The molecule has 0 aromatic heterocycles. The minimum Gasteiger partial charge on any atom is -0.0928 e. The minimum atomic E-state index is 0.597. The molecule has 0 fully saturated rings. The van der Waals surface area contributed by atoms with Crippen LogP contribution >= 0.6 is 31.9 Å². The van der Waals surface area contributed by atoms with Crippen molar-refractivity contribution in [2.45, 2.75) is 17.7 Å². The van der Waals surface area contributed by atoms with Gasteiger partial charge in [-0.1, -0.05) is 62.2 Å². The van der Waals surface area contributed by atoms with Crippen molar-refractivity contribution >= 4 is 31.9 Å². The van der Waals surface area contributed by atoms with Crippen LogP contribution < -0.4 is 0 Å². The van der Waals surface area contributed by atoms with Crippen molar-refractivity contribution in [2.75, 3.05) is 5.33 Å². The second-order valence-electron chi connectivity index (χ2n) is 2.76. The molecule has 0 saturated carbocycles. The Hall–Kier alpha value is 0.180. The molecule has 0 amide bonds. The van der Waals surface area contributed by atoms with Crippen molar-refractivity contribution in [1.82, 2.24) is 0 Å². The van der Waals surface area contributed by atoms with Crippen molar-refractivity contribution in [3.63, 3.8) is 0 Å². The Balaban J connectivity index is 2.41. The van der Waals surface area contributed by atoms with E-state index in [-0.39, 0.29) is 0 Å². The molecule has 0 spiro atoms. The van der Waals surface area contributed by atoms with Gasteiger partial charge in [-0.3, -0.25) is 0 Å². The van der Waals surface area contributed by atoms with Crippen LogP contribution in [0.25, 0.3) is 0 Å². The number of benzene rings is 1. The largest absolute Gasteiger partial charge is 0.0928 e. The summed E-state index contributed by atoms with van der Waals surface area (Å²) in [5, 5.41) is 1.07. The quantitative estimate of drug-likeness (QED) is 0.741. The average molecular weight is 292 g/mol. The highest BCUT2D eigenvalue weighted by atomic mass is 79.9. The Bertz CT molecular complexity index is 208. The van der Waals surface area contributed by atoms with Gasteiger partial charge in [0.05, 0.1) is 0 Å². The molecule has 0 unspecified atom stereocenters. The van der Waals surface area contributed by atoms with E-state index in [4.69, 9.17) is 0 Å². The zero-order valence-electron chi connectivity index (χ0n) is 6.84. The van der Waals surface area contributed by atoms with Gasteiger partial charge < -0.3 is 0 Å². The van der Waals surface area contributed by atoms with E-state index in [1.807, 2.05) is 0 Å². The maximum absolute atomic E-state index is 3.64. The molecule has 0 heterocycles. The third kappa shape index (κ3) is 3.72. The second-order valence-corrected chi connectivity index (χ2v) is 4.85. The van der Waals surface area contributed by atoms with Gasteiger partial charge in [0.15, 0.2) is 0 Å². The third-order valence-corrected chi connectivity index (χ3v) is 2.96. The molecular weight excluding hydrogens is 280 g/mol. The van der Waals surface area contributed by atoms with Crippen LogP contribution in [0.4, 0.5) is 0 Å². The normalized spacial score (nSPS) is 12.8. The van der Waals surface area contributed by atoms with E-state index in [2.05, 4.69) is 62.2 Å². The van der Waals surface area contributed by atoms with Gasteiger partial charge in [-0.2, -0.15) is 0 Å². The SMILES string of the molecule is BrCC[C@H](Br)Cc1ccccc1.